The van der Waals surface area contributed by atoms with Crippen LogP contribution in [0.4, 0.5) is 0 Å². The molecule has 1 amide bonds. The predicted molar refractivity (Wildman–Crippen MR) is 131 cm³/mol. The Balaban J connectivity index is 1.67. The second kappa shape index (κ2) is 11.4. The normalized spacial score (nSPS) is 20.3. The Labute approximate surface area is 205 Å². The van der Waals surface area contributed by atoms with Gasteiger partial charge in [-0.3, -0.25) is 14.5 Å². The molecule has 1 N–H and O–H groups in total. The van der Waals surface area contributed by atoms with E-state index in [1.807, 2.05) is 31.2 Å². The molecule has 186 valence electrons. The van der Waals surface area contributed by atoms with E-state index < -0.39 is 17.7 Å². The maximum Gasteiger partial charge on any atom is 0.295 e. The molecule has 8 nitrogen and oxygen atoms in total. The number of ether oxygens (including phenoxy) is 3. The van der Waals surface area contributed by atoms with Crippen LogP contribution in [0.3, 0.4) is 0 Å². The van der Waals surface area contributed by atoms with Crippen molar-refractivity contribution in [3.63, 3.8) is 0 Å². The van der Waals surface area contributed by atoms with Crippen LogP contribution < -0.4 is 9.47 Å². The third kappa shape index (κ3) is 5.49. The quantitative estimate of drug-likeness (QED) is 0.335. The van der Waals surface area contributed by atoms with Gasteiger partial charge in [0.2, 0.25) is 0 Å². The van der Waals surface area contributed by atoms with Crippen LogP contribution in [0, 0.1) is 0 Å². The fraction of sp³-hybridized carbons (Fsp3) is 0.407. The molecule has 2 aromatic carbocycles. The molecule has 2 heterocycles. The van der Waals surface area contributed by atoms with Crippen molar-refractivity contribution in [3.8, 4) is 11.5 Å². The van der Waals surface area contributed by atoms with Gasteiger partial charge in [-0.15, -0.1) is 0 Å². The van der Waals surface area contributed by atoms with Crippen molar-refractivity contribution in [2.45, 2.75) is 19.4 Å². The van der Waals surface area contributed by atoms with Crippen LogP contribution in [0.1, 0.15) is 30.5 Å². The number of nitrogens with zero attached hydrogens (tertiary/aromatic N) is 2. The Morgan fingerprint density at radius 3 is 2.49 bits per heavy atom. The van der Waals surface area contributed by atoms with Gasteiger partial charge in [-0.1, -0.05) is 24.3 Å². The minimum Gasteiger partial charge on any atom is -0.507 e. The van der Waals surface area contributed by atoms with Gasteiger partial charge in [0.05, 0.1) is 38.5 Å². The number of carbonyl (C=O) groups is 2. The van der Waals surface area contributed by atoms with E-state index in [2.05, 4.69) is 4.90 Å². The molecule has 0 bridgehead atoms. The van der Waals surface area contributed by atoms with Crippen molar-refractivity contribution >= 4 is 17.4 Å². The molecule has 2 aromatic rings. The molecular weight excluding hydrogens is 448 g/mol. The van der Waals surface area contributed by atoms with Gasteiger partial charge in [-0.2, -0.15) is 0 Å². The molecule has 2 aliphatic rings. The van der Waals surface area contributed by atoms with Crippen LogP contribution in [0.5, 0.6) is 11.5 Å². The number of benzene rings is 2. The summed E-state index contributed by atoms with van der Waals surface area (Å²) in [5, 5.41) is 11.2. The van der Waals surface area contributed by atoms with E-state index in [1.54, 1.807) is 29.2 Å². The van der Waals surface area contributed by atoms with E-state index >= 15 is 0 Å². The number of hydrogen-bond donors (Lipinski definition) is 1. The SMILES string of the molecule is CCOc1ccc([C@H]2/C(=C(\O)c3cccc(OC)c3)C(=O)C(=O)N2CCCN2CCOCC2)cc1. The Morgan fingerprint density at radius 2 is 1.80 bits per heavy atom. The molecule has 0 aromatic heterocycles. The van der Waals surface area contributed by atoms with Crippen molar-refractivity contribution in [1.29, 1.82) is 0 Å². The second-order valence-corrected chi connectivity index (χ2v) is 8.53. The van der Waals surface area contributed by atoms with Crippen LogP contribution >= 0.6 is 0 Å². The average molecular weight is 481 g/mol. The highest BCUT2D eigenvalue weighted by Crippen LogP contribution is 2.40. The number of aliphatic hydroxyl groups excluding tert-OH is 1. The van der Waals surface area contributed by atoms with Crippen molar-refractivity contribution in [2.24, 2.45) is 0 Å². The highest BCUT2D eigenvalue weighted by atomic mass is 16.5. The van der Waals surface area contributed by atoms with Gasteiger partial charge in [0, 0.05) is 31.7 Å². The van der Waals surface area contributed by atoms with Crippen LogP contribution in [0.25, 0.3) is 5.76 Å². The topological polar surface area (TPSA) is 88.5 Å². The first-order valence-corrected chi connectivity index (χ1v) is 12.0. The number of hydrogen-bond acceptors (Lipinski definition) is 7. The summed E-state index contributed by atoms with van der Waals surface area (Å²) in [6.07, 6.45) is 0.708. The summed E-state index contributed by atoms with van der Waals surface area (Å²) < 4.78 is 16.2. The largest absolute Gasteiger partial charge is 0.507 e. The summed E-state index contributed by atoms with van der Waals surface area (Å²) in [4.78, 5) is 30.2. The maximum absolute atomic E-state index is 13.2. The monoisotopic (exact) mass is 480 g/mol. The molecule has 35 heavy (non-hydrogen) atoms. The molecule has 0 spiro atoms. The minimum absolute atomic E-state index is 0.0822. The molecule has 0 aliphatic carbocycles. The van der Waals surface area contributed by atoms with Crippen molar-refractivity contribution in [3.05, 3.63) is 65.2 Å². The Kier molecular flexibility index (Phi) is 8.05. The van der Waals surface area contributed by atoms with Crippen LogP contribution in [0.15, 0.2) is 54.1 Å². The highest BCUT2D eigenvalue weighted by Gasteiger charge is 2.45. The molecule has 0 radical (unpaired) electrons. The lowest BCUT2D eigenvalue weighted by Crippen LogP contribution is -2.38. The first-order valence-electron chi connectivity index (χ1n) is 12.0. The van der Waals surface area contributed by atoms with Crippen LogP contribution in [-0.2, 0) is 14.3 Å². The van der Waals surface area contributed by atoms with Gasteiger partial charge < -0.3 is 24.2 Å². The third-order valence-electron chi connectivity index (χ3n) is 6.37. The first-order chi connectivity index (χ1) is 17.0. The average Bonchev–Trinajstić information content (AvgIpc) is 3.14. The number of rotatable bonds is 9. The molecule has 2 saturated heterocycles. The van der Waals surface area contributed by atoms with E-state index in [0.29, 0.717) is 49.8 Å². The lowest BCUT2D eigenvalue weighted by Gasteiger charge is -2.29. The molecular formula is C27H32N2O6. The van der Waals surface area contributed by atoms with E-state index in [4.69, 9.17) is 14.2 Å². The number of morpholine rings is 1. The van der Waals surface area contributed by atoms with Crippen LogP contribution in [-0.4, -0.2) is 79.7 Å². The maximum atomic E-state index is 13.2. The van der Waals surface area contributed by atoms with Gasteiger partial charge in [0.25, 0.3) is 11.7 Å². The minimum atomic E-state index is -0.693. The molecule has 0 unspecified atom stereocenters. The van der Waals surface area contributed by atoms with Crippen molar-refractivity contribution in [2.75, 3.05) is 53.1 Å². The summed E-state index contributed by atoms with van der Waals surface area (Å²) in [5.41, 5.74) is 1.24. The number of ketones is 1. The molecule has 2 fully saturated rings. The number of Topliss-reactive ketones (excluding diaryl/α,β-unsaturated/α-hetero) is 1. The zero-order valence-electron chi connectivity index (χ0n) is 20.2. The van der Waals surface area contributed by atoms with Gasteiger partial charge >= 0.3 is 0 Å². The Morgan fingerprint density at radius 1 is 1.06 bits per heavy atom. The fourth-order valence-corrected chi connectivity index (χ4v) is 4.59. The summed E-state index contributed by atoms with van der Waals surface area (Å²) in [5.74, 6) is -0.248. The van der Waals surface area contributed by atoms with Gasteiger partial charge in [-0.05, 0) is 43.2 Å². The number of carbonyl (C=O) groups excluding carboxylic acids is 2. The lowest BCUT2D eigenvalue weighted by atomic mass is 9.95. The van der Waals surface area contributed by atoms with E-state index in [1.165, 1.54) is 7.11 Å². The smallest absolute Gasteiger partial charge is 0.295 e. The standard InChI is InChI=1S/C27H32N2O6/c1-3-35-21-10-8-19(9-11-21)24-23(25(30)20-6-4-7-22(18-20)33-2)26(31)27(32)29(24)13-5-12-28-14-16-34-17-15-28/h4,6-11,18,24,30H,3,5,12-17H2,1-2H3/b25-23+/t24-/m0/s1. The third-order valence-corrected chi connectivity index (χ3v) is 6.37. The number of likely N-dealkylation sites (tertiary alicyclic amines) is 1. The number of aliphatic hydroxyl groups is 1. The fourth-order valence-electron chi connectivity index (χ4n) is 4.59. The molecule has 8 heteroatoms. The van der Waals surface area contributed by atoms with E-state index in [0.717, 1.165) is 25.2 Å². The molecule has 1 atom stereocenters. The van der Waals surface area contributed by atoms with Gasteiger partial charge in [0.1, 0.15) is 17.3 Å². The zero-order chi connectivity index (χ0) is 24.8. The summed E-state index contributed by atoms with van der Waals surface area (Å²) in [6.45, 7) is 6.77. The van der Waals surface area contributed by atoms with Gasteiger partial charge in [0.15, 0.2) is 0 Å². The predicted octanol–water partition coefficient (Wildman–Crippen LogP) is 3.24. The first kappa shape index (κ1) is 24.8. The second-order valence-electron chi connectivity index (χ2n) is 8.53. The molecule has 0 saturated carbocycles. The van der Waals surface area contributed by atoms with Gasteiger partial charge in [-0.25, -0.2) is 0 Å². The Bertz CT molecular complexity index is 1080. The van der Waals surface area contributed by atoms with E-state index in [9.17, 15) is 14.7 Å². The summed E-state index contributed by atoms with van der Waals surface area (Å²) >= 11 is 0. The number of methoxy groups -OCH3 is 1. The Hall–Kier alpha value is -3.36. The zero-order valence-corrected chi connectivity index (χ0v) is 20.2. The molecule has 4 rings (SSSR count). The number of amides is 1. The van der Waals surface area contributed by atoms with Crippen molar-refractivity contribution in [1.82, 2.24) is 9.80 Å². The summed E-state index contributed by atoms with van der Waals surface area (Å²) in [6, 6.07) is 13.5. The van der Waals surface area contributed by atoms with Crippen molar-refractivity contribution < 1.29 is 28.9 Å². The highest BCUT2D eigenvalue weighted by molar-refractivity contribution is 6.46. The lowest BCUT2D eigenvalue weighted by molar-refractivity contribution is -0.140. The summed E-state index contributed by atoms with van der Waals surface area (Å²) in [7, 11) is 1.53. The molecule has 2 aliphatic heterocycles. The van der Waals surface area contributed by atoms with E-state index in [-0.39, 0.29) is 11.3 Å². The van der Waals surface area contributed by atoms with Crippen LogP contribution in [0.2, 0.25) is 0 Å².